The Bertz CT molecular complexity index is 3100. The number of ether oxygens (including phenoxy) is 10. The molecule has 0 radical (unpaired) electrons. The molecule has 0 aromatic heterocycles. The number of phosphoric acid groups is 3. The third-order valence-corrected chi connectivity index (χ3v) is 18.4. The predicted octanol–water partition coefficient (Wildman–Crippen LogP) is 5.21. The summed E-state index contributed by atoms with van der Waals surface area (Å²) in [4.78, 5) is 142. The van der Waals surface area contributed by atoms with Crippen molar-refractivity contribution in [3.05, 3.63) is 71.8 Å². The SMILES string of the molecule is CCCO[C@H]1OC(COP(=O)(O)O[C@H]2OC(COP(=O)(O)O[C@H]3OC(COP(=O)(OCc4ccccc4)OCc4ccccc4)[C@@H](OC(C)=O)[C@H](OC(C)=O)C3NC(C)=O)[C@@H](OC(C)=O)[C@H](OC(C)=O)C2NC(C)=O)[C@@H](OC(C)=O)[C@H](OC(C)=O)C1NC(C)=O.CCN(CC)CC.CCN(CC)CC. The van der Waals surface area contributed by atoms with Crippen LogP contribution in [-0.4, -0.2) is 231 Å². The summed E-state index contributed by atoms with van der Waals surface area (Å²) < 4.78 is 138. The molecule has 0 aliphatic carbocycles. The zero-order valence-corrected chi connectivity index (χ0v) is 64.3. The average molecular weight is 1540 g/mol. The average Bonchev–Trinajstić information content (AvgIpc) is 0.774. The number of benzene rings is 2. The standard InChI is InChI=1S/C53H74N3O31P3.2C6H15N/c1-11-22-71-51-42(54-28(2)57)48(80-34(8)63)45(77-31(5)60)39(83-51)25-72-88(66,67)86-52-43(55-29(3)58)49(81-35(9)64)46(78-32(6)61)40(84-52)26-73-89(68,69)87-53-44(56-30(4)59)50(82-36(10)65)47(79-33(7)62)41(85-53)27-76-90(70,74-23-37-18-14-12-15-19-37)75-24-38-20-16-13-17-21-38;2*1-4-7(5-2)6-3/h12-21,39-53H,11,22-27H2,1-10H3,(H,54,57)(H,55,58)(H,56,59)(H,66,67)(H,68,69);2*4-6H2,1-3H3/t39?,40?,41?,42?,43?,44?,45-,46-,47-,48-,49-,50-,51+,52-,53-;;/m1../s1. The van der Waals surface area contributed by atoms with E-state index in [0.717, 1.165) is 62.3 Å². The molecular formula is C65H104N5O31P3. The highest BCUT2D eigenvalue weighted by molar-refractivity contribution is 7.48. The number of amides is 3. The van der Waals surface area contributed by atoms with Gasteiger partial charge in [0, 0.05) is 68.9 Å². The molecule has 0 saturated carbocycles. The van der Waals surface area contributed by atoms with Crippen molar-refractivity contribution < 1.29 is 146 Å². The molecule has 5 N–H and O–H groups in total. The lowest BCUT2D eigenvalue weighted by Gasteiger charge is -2.46. The number of hydrogen-bond donors (Lipinski definition) is 5. The lowest BCUT2D eigenvalue weighted by atomic mass is 9.96. The van der Waals surface area contributed by atoms with E-state index in [9.17, 15) is 66.6 Å². The molecule has 590 valence electrons. The van der Waals surface area contributed by atoms with E-state index in [-0.39, 0.29) is 19.8 Å². The molecule has 2 aromatic rings. The van der Waals surface area contributed by atoms with Crippen LogP contribution in [0.2, 0.25) is 0 Å². The molecule has 39 heteroatoms. The second-order valence-electron chi connectivity index (χ2n) is 23.4. The van der Waals surface area contributed by atoms with E-state index in [0.29, 0.717) is 17.5 Å². The Labute approximate surface area is 606 Å². The van der Waals surface area contributed by atoms with Crippen LogP contribution >= 0.6 is 23.5 Å². The molecule has 104 heavy (non-hydrogen) atoms. The van der Waals surface area contributed by atoms with Gasteiger partial charge >= 0.3 is 59.3 Å². The summed E-state index contributed by atoms with van der Waals surface area (Å²) in [7, 11) is -16.3. The fraction of sp³-hybridized carbons (Fsp3) is 0.677. The van der Waals surface area contributed by atoms with Crippen molar-refractivity contribution in [2.75, 3.05) is 65.7 Å². The highest BCUT2D eigenvalue weighted by Crippen LogP contribution is 2.53. The molecule has 3 heterocycles. The quantitative estimate of drug-likeness (QED) is 0.0329. The topological polar surface area (TPSA) is 445 Å². The molecule has 3 aliphatic heterocycles. The largest absolute Gasteiger partial charge is 0.475 e. The molecule has 3 amide bonds. The smallest absolute Gasteiger partial charge is 0.456 e. The van der Waals surface area contributed by atoms with Gasteiger partial charge in [-0.2, -0.15) is 0 Å². The first-order valence-electron chi connectivity index (χ1n) is 33.8. The van der Waals surface area contributed by atoms with Crippen molar-refractivity contribution >= 4 is 77.0 Å². The minimum absolute atomic E-state index is 0.00860. The van der Waals surface area contributed by atoms with Gasteiger partial charge in [-0.05, 0) is 56.8 Å². The van der Waals surface area contributed by atoms with E-state index < -0.39 is 189 Å². The number of carbonyl (C=O) groups excluding carboxylic acids is 9. The normalized spacial score (nSPS) is 25.6. The van der Waals surface area contributed by atoms with E-state index in [2.05, 4.69) is 67.3 Å². The zero-order valence-electron chi connectivity index (χ0n) is 61.6. The Hall–Kier alpha value is -6.24. The van der Waals surface area contributed by atoms with E-state index in [4.69, 9.17) is 79.0 Å². The van der Waals surface area contributed by atoms with Gasteiger partial charge < -0.3 is 82.9 Å². The van der Waals surface area contributed by atoms with Crippen LogP contribution in [0.15, 0.2) is 60.7 Å². The summed E-state index contributed by atoms with van der Waals surface area (Å²) in [6.07, 6.45) is -22.3. The van der Waals surface area contributed by atoms with Crippen molar-refractivity contribution in [2.45, 2.75) is 222 Å². The number of nitrogens with one attached hydrogen (secondary N) is 3. The molecule has 3 fully saturated rings. The molecule has 2 aromatic carbocycles. The van der Waals surface area contributed by atoms with Crippen LogP contribution < -0.4 is 16.0 Å². The molecule has 0 spiro atoms. The van der Waals surface area contributed by atoms with Gasteiger partial charge in [-0.15, -0.1) is 0 Å². The van der Waals surface area contributed by atoms with Crippen molar-refractivity contribution in [1.29, 1.82) is 0 Å². The van der Waals surface area contributed by atoms with Crippen molar-refractivity contribution in [2.24, 2.45) is 0 Å². The number of phosphoric ester groups is 3. The van der Waals surface area contributed by atoms with Crippen LogP contribution in [0.1, 0.15) is 128 Å². The first kappa shape index (κ1) is 92.0. The molecule has 0 bridgehead atoms. The lowest BCUT2D eigenvalue weighted by molar-refractivity contribution is -0.277. The van der Waals surface area contributed by atoms with Crippen LogP contribution in [0.5, 0.6) is 0 Å². The fourth-order valence-corrected chi connectivity index (χ4v) is 13.4. The highest BCUT2D eigenvalue weighted by atomic mass is 31.2. The summed E-state index contributed by atoms with van der Waals surface area (Å²) in [5.74, 6) is -8.76. The first-order valence-corrected chi connectivity index (χ1v) is 38.2. The maximum atomic E-state index is 14.5. The number of hydrogen-bond acceptors (Lipinski definition) is 31. The Kier molecular flexibility index (Phi) is 40.8. The fourth-order valence-electron chi connectivity index (χ4n) is 10.6. The monoisotopic (exact) mass is 1540 g/mol. The van der Waals surface area contributed by atoms with Gasteiger partial charge in [0.2, 0.25) is 17.7 Å². The van der Waals surface area contributed by atoms with Crippen molar-refractivity contribution in [3.8, 4) is 0 Å². The molecule has 3 saturated heterocycles. The zero-order chi connectivity index (χ0) is 78.1. The Morgan fingerprint density at radius 2 is 0.663 bits per heavy atom. The van der Waals surface area contributed by atoms with E-state index in [1.54, 1.807) is 67.6 Å². The molecule has 5 rings (SSSR count). The summed E-state index contributed by atoms with van der Waals surface area (Å²) in [6, 6.07) is 11.6. The van der Waals surface area contributed by atoms with Gasteiger partial charge in [-0.3, -0.25) is 74.8 Å². The first-order chi connectivity index (χ1) is 49.0. The third kappa shape index (κ3) is 32.9. The second-order valence-corrected chi connectivity index (χ2v) is 27.8. The van der Waals surface area contributed by atoms with Crippen LogP contribution in [0, 0.1) is 0 Å². The molecule has 8 unspecified atom stereocenters. The molecular weight excluding hydrogens is 1440 g/mol. The summed E-state index contributed by atoms with van der Waals surface area (Å²) in [5, 5.41) is 7.19. The van der Waals surface area contributed by atoms with Gasteiger partial charge in [0.15, 0.2) is 55.5 Å². The maximum absolute atomic E-state index is 14.5. The summed E-state index contributed by atoms with van der Waals surface area (Å²) in [5.41, 5.74) is 1.05. The van der Waals surface area contributed by atoms with Gasteiger partial charge in [-0.1, -0.05) is 109 Å². The minimum Gasteiger partial charge on any atom is -0.456 e. The van der Waals surface area contributed by atoms with Gasteiger partial charge in [0.25, 0.3) is 0 Å². The lowest BCUT2D eigenvalue weighted by Crippen LogP contribution is -2.66. The number of rotatable bonds is 37. The summed E-state index contributed by atoms with van der Waals surface area (Å²) >= 11 is 0. The predicted molar refractivity (Wildman–Crippen MR) is 365 cm³/mol. The van der Waals surface area contributed by atoms with Gasteiger partial charge in [0.05, 0.1) is 33.0 Å². The maximum Gasteiger partial charge on any atom is 0.475 e. The van der Waals surface area contributed by atoms with E-state index in [1.807, 2.05) is 0 Å². The third-order valence-electron chi connectivity index (χ3n) is 15.2. The van der Waals surface area contributed by atoms with E-state index >= 15 is 0 Å². The van der Waals surface area contributed by atoms with E-state index in [1.165, 1.54) is 39.3 Å². The number of nitrogens with zero attached hydrogens (tertiary/aromatic N) is 2. The highest BCUT2D eigenvalue weighted by Gasteiger charge is 2.57. The second kappa shape index (κ2) is 46.1. The van der Waals surface area contributed by atoms with Crippen LogP contribution in [0.25, 0.3) is 0 Å². The Balaban J connectivity index is 0.00000181. The van der Waals surface area contributed by atoms with Gasteiger partial charge in [0.1, 0.15) is 36.4 Å². The van der Waals surface area contributed by atoms with Crippen LogP contribution in [-0.2, 0) is 149 Å². The minimum atomic E-state index is -5.82. The summed E-state index contributed by atoms with van der Waals surface area (Å²) in [6.45, 7) is 26.6. The molecule has 17 atom stereocenters. The van der Waals surface area contributed by atoms with Crippen LogP contribution in [0.3, 0.4) is 0 Å². The Morgan fingerprint density at radius 3 is 0.923 bits per heavy atom. The Morgan fingerprint density at radius 1 is 0.394 bits per heavy atom. The number of esters is 6. The van der Waals surface area contributed by atoms with Crippen LogP contribution in [0.4, 0.5) is 0 Å². The van der Waals surface area contributed by atoms with Crippen molar-refractivity contribution in [1.82, 2.24) is 25.8 Å². The molecule has 36 nitrogen and oxygen atoms in total. The number of carbonyl (C=O) groups is 9. The molecule has 3 aliphatic rings. The van der Waals surface area contributed by atoms with Gasteiger partial charge in [-0.25, -0.2) is 13.7 Å². The van der Waals surface area contributed by atoms with Crippen molar-refractivity contribution in [3.63, 3.8) is 0 Å².